The first-order valence-corrected chi connectivity index (χ1v) is 5.31. The van der Waals surface area contributed by atoms with E-state index in [4.69, 9.17) is 11.6 Å². The minimum Gasteiger partial charge on any atom is -0.300 e. The summed E-state index contributed by atoms with van der Waals surface area (Å²) >= 11 is 7.70. The number of thioether (sulfide) groups is 1. The molecule has 1 nitrogen and oxygen atoms in total. The lowest BCUT2D eigenvalue weighted by atomic mass is 10.4. The van der Waals surface area contributed by atoms with E-state index in [1.807, 2.05) is 0 Å². The second-order valence-corrected chi connectivity index (χ2v) is 4.60. The second-order valence-electron chi connectivity index (χ2n) is 2.67. The van der Waals surface area contributed by atoms with E-state index in [9.17, 15) is 0 Å². The van der Waals surface area contributed by atoms with Crippen LogP contribution in [0.4, 0.5) is 0 Å². The molecule has 0 radical (unpaired) electrons. The fourth-order valence-corrected chi connectivity index (χ4v) is 2.53. The maximum absolute atomic E-state index is 5.63. The van der Waals surface area contributed by atoms with E-state index in [0.717, 1.165) is 17.7 Å². The van der Waals surface area contributed by atoms with Gasteiger partial charge >= 0.3 is 0 Å². The third kappa shape index (κ3) is 2.69. The van der Waals surface area contributed by atoms with Crippen LogP contribution in [0, 0.1) is 0 Å². The number of hydrogen-bond donors (Lipinski definition) is 0. The molecule has 1 aliphatic heterocycles. The summed E-state index contributed by atoms with van der Waals surface area (Å²) < 4.78 is 0. The van der Waals surface area contributed by atoms with Crippen molar-refractivity contribution in [3.05, 3.63) is 0 Å². The number of hydrogen-bond acceptors (Lipinski definition) is 2. The number of halogens is 1. The van der Waals surface area contributed by atoms with E-state index in [-0.39, 0.29) is 0 Å². The summed E-state index contributed by atoms with van der Waals surface area (Å²) in [7, 11) is 0. The Morgan fingerprint density at radius 1 is 1.70 bits per heavy atom. The maximum atomic E-state index is 5.63. The minimum atomic E-state index is 0.775. The van der Waals surface area contributed by atoms with Crippen molar-refractivity contribution in [2.24, 2.45) is 0 Å². The van der Waals surface area contributed by atoms with Crippen LogP contribution in [0.1, 0.15) is 6.92 Å². The van der Waals surface area contributed by atoms with Gasteiger partial charge in [0.1, 0.15) is 0 Å². The Hall–Kier alpha value is 0.600. The van der Waals surface area contributed by atoms with Gasteiger partial charge in [-0.1, -0.05) is 6.92 Å². The van der Waals surface area contributed by atoms with Gasteiger partial charge in [0.15, 0.2) is 0 Å². The van der Waals surface area contributed by atoms with Crippen LogP contribution in [0.15, 0.2) is 0 Å². The fraction of sp³-hybridized carbons (Fsp3) is 1.00. The van der Waals surface area contributed by atoms with Gasteiger partial charge in [-0.15, -0.1) is 11.6 Å². The smallest absolute Gasteiger partial charge is 0.0351 e. The molecule has 1 saturated heterocycles. The topological polar surface area (TPSA) is 3.24 Å². The van der Waals surface area contributed by atoms with Gasteiger partial charge in [0.2, 0.25) is 0 Å². The molecule has 0 saturated carbocycles. The number of alkyl halides is 1. The molecule has 1 atom stereocenters. The highest BCUT2D eigenvalue weighted by molar-refractivity contribution is 7.99. The Labute approximate surface area is 72.1 Å². The van der Waals surface area contributed by atoms with E-state index in [1.54, 1.807) is 0 Å². The van der Waals surface area contributed by atoms with Crippen molar-refractivity contribution >= 4 is 23.4 Å². The lowest BCUT2D eigenvalue weighted by molar-refractivity contribution is 0.304. The van der Waals surface area contributed by atoms with Crippen LogP contribution in [-0.4, -0.2) is 41.4 Å². The highest BCUT2D eigenvalue weighted by atomic mass is 35.5. The van der Waals surface area contributed by atoms with Gasteiger partial charge in [0, 0.05) is 36.5 Å². The molecule has 0 bridgehead atoms. The van der Waals surface area contributed by atoms with E-state index in [0.29, 0.717) is 0 Å². The molecule has 0 aromatic heterocycles. The molecule has 1 fully saturated rings. The molecule has 3 heteroatoms. The monoisotopic (exact) mass is 179 g/mol. The fourth-order valence-electron chi connectivity index (χ4n) is 1.21. The molecule has 60 valence electrons. The summed E-state index contributed by atoms with van der Waals surface area (Å²) in [4.78, 5) is 2.44. The highest BCUT2D eigenvalue weighted by Gasteiger charge is 2.14. The third-order valence-corrected chi connectivity index (χ3v) is 3.03. The van der Waals surface area contributed by atoms with Gasteiger partial charge in [-0.25, -0.2) is 0 Å². The van der Waals surface area contributed by atoms with Crippen LogP contribution in [0.2, 0.25) is 0 Å². The quantitative estimate of drug-likeness (QED) is 0.594. The molecular weight excluding hydrogens is 166 g/mol. The van der Waals surface area contributed by atoms with Crippen LogP contribution in [0.3, 0.4) is 0 Å². The summed E-state index contributed by atoms with van der Waals surface area (Å²) in [6, 6.07) is 0. The van der Waals surface area contributed by atoms with E-state index < -0.39 is 0 Å². The van der Waals surface area contributed by atoms with Crippen molar-refractivity contribution in [1.29, 1.82) is 0 Å². The summed E-state index contributed by atoms with van der Waals surface area (Å²) in [6.07, 6.45) is 0. The molecule has 0 aliphatic carbocycles. The van der Waals surface area contributed by atoms with Crippen molar-refractivity contribution in [3.63, 3.8) is 0 Å². The number of rotatable bonds is 2. The van der Waals surface area contributed by atoms with Crippen LogP contribution < -0.4 is 0 Å². The second kappa shape index (κ2) is 4.47. The summed E-state index contributed by atoms with van der Waals surface area (Å²) in [5.41, 5.74) is 0. The first kappa shape index (κ1) is 8.69. The molecule has 1 aliphatic rings. The van der Waals surface area contributed by atoms with Crippen LogP contribution in [0.25, 0.3) is 0 Å². The van der Waals surface area contributed by atoms with Crippen LogP contribution >= 0.6 is 23.4 Å². The SMILES string of the molecule is CC1CN(CCCl)CCS1. The normalized spacial score (nSPS) is 28.8. The Morgan fingerprint density at radius 3 is 3.10 bits per heavy atom. The lowest BCUT2D eigenvalue weighted by Gasteiger charge is -2.29. The maximum Gasteiger partial charge on any atom is 0.0351 e. The first-order chi connectivity index (χ1) is 4.83. The predicted octanol–water partition coefficient (Wildman–Crippen LogP) is 1.66. The Kier molecular flexibility index (Phi) is 3.89. The Bertz CT molecular complexity index is 97.6. The van der Waals surface area contributed by atoms with E-state index in [2.05, 4.69) is 23.6 Å². The van der Waals surface area contributed by atoms with Crippen LogP contribution in [-0.2, 0) is 0 Å². The zero-order chi connectivity index (χ0) is 7.40. The van der Waals surface area contributed by atoms with Gasteiger partial charge in [-0.2, -0.15) is 11.8 Å². The average Bonchev–Trinajstić information content (AvgIpc) is 1.88. The molecule has 1 heterocycles. The summed E-state index contributed by atoms with van der Waals surface area (Å²) in [6.45, 7) is 5.79. The van der Waals surface area contributed by atoms with Gasteiger partial charge in [-0.3, -0.25) is 0 Å². The van der Waals surface area contributed by atoms with Gasteiger partial charge in [0.05, 0.1) is 0 Å². The minimum absolute atomic E-state index is 0.775. The molecule has 0 N–H and O–H groups in total. The Morgan fingerprint density at radius 2 is 2.50 bits per heavy atom. The third-order valence-electron chi connectivity index (χ3n) is 1.73. The molecule has 0 aromatic rings. The van der Waals surface area contributed by atoms with Crippen molar-refractivity contribution in [3.8, 4) is 0 Å². The van der Waals surface area contributed by atoms with E-state index >= 15 is 0 Å². The van der Waals surface area contributed by atoms with Crippen molar-refractivity contribution in [2.75, 3.05) is 31.3 Å². The van der Waals surface area contributed by atoms with Gasteiger partial charge < -0.3 is 4.90 Å². The highest BCUT2D eigenvalue weighted by Crippen LogP contribution is 2.17. The molecule has 10 heavy (non-hydrogen) atoms. The Balaban J connectivity index is 2.18. The predicted molar refractivity (Wildman–Crippen MR) is 49.1 cm³/mol. The molecule has 0 amide bonds. The van der Waals surface area contributed by atoms with Crippen molar-refractivity contribution in [2.45, 2.75) is 12.2 Å². The van der Waals surface area contributed by atoms with Gasteiger partial charge in [0.25, 0.3) is 0 Å². The van der Waals surface area contributed by atoms with E-state index in [1.165, 1.54) is 18.8 Å². The van der Waals surface area contributed by atoms with Crippen molar-refractivity contribution < 1.29 is 0 Å². The number of nitrogens with zero attached hydrogens (tertiary/aromatic N) is 1. The summed E-state index contributed by atoms with van der Waals surface area (Å²) in [5.74, 6) is 2.05. The largest absolute Gasteiger partial charge is 0.300 e. The average molecular weight is 180 g/mol. The molecule has 1 unspecified atom stereocenters. The standard InChI is InChI=1S/C7H14ClNS/c1-7-6-9(3-2-8)4-5-10-7/h7H,2-6H2,1H3. The van der Waals surface area contributed by atoms with Crippen molar-refractivity contribution in [1.82, 2.24) is 4.90 Å². The molecular formula is C7H14ClNS. The zero-order valence-corrected chi connectivity index (χ0v) is 7.92. The first-order valence-electron chi connectivity index (χ1n) is 3.73. The van der Waals surface area contributed by atoms with Crippen LogP contribution in [0.5, 0.6) is 0 Å². The summed E-state index contributed by atoms with van der Waals surface area (Å²) in [5, 5.41) is 0.803. The molecule has 0 aromatic carbocycles. The molecule has 1 rings (SSSR count). The molecule has 0 spiro atoms. The zero-order valence-electron chi connectivity index (χ0n) is 6.35. The lowest BCUT2D eigenvalue weighted by Crippen LogP contribution is -2.37. The van der Waals surface area contributed by atoms with Gasteiger partial charge in [-0.05, 0) is 0 Å².